The van der Waals surface area contributed by atoms with Crippen LogP contribution in [0.4, 0.5) is 0 Å². The Kier molecular flexibility index (Phi) is 8.78. The van der Waals surface area contributed by atoms with Crippen LogP contribution in [0.1, 0.15) is 45.7 Å². The number of rotatable bonds is 5. The van der Waals surface area contributed by atoms with Gasteiger partial charge < -0.3 is 14.0 Å². The van der Waals surface area contributed by atoms with E-state index in [0.717, 1.165) is 61.3 Å². The molecule has 9 aromatic rings. The Balaban J connectivity index is 0.000000226. The monoisotopic (exact) mass is 898 g/mol. The predicted molar refractivity (Wildman–Crippen MR) is 223 cm³/mol. The average Bonchev–Trinajstić information content (AvgIpc) is 3.85. The van der Waals surface area contributed by atoms with Crippen LogP contribution in [-0.2, 0) is 25.5 Å². The van der Waals surface area contributed by atoms with E-state index in [0.29, 0.717) is 11.3 Å². The molecule has 55 heavy (non-hydrogen) atoms. The van der Waals surface area contributed by atoms with E-state index in [2.05, 4.69) is 158 Å². The van der Waals surface area contributed by atoms with Crippen molar-refractivity contribution in [2.45, 2.75) is 39.9 Å². The summed E-state index contributed by atoms with van der Waals surface area (Å²) in [5.74, 6) is 0.812. The van der Waals surface area contributed by atoms with Gasteiger partial charge in [-0.25, -0.2) is 0 Å². The van der Waals surface area contributed by atoms with Crippen LogP contribution < -0.4 is 0 Å². The molecule has 0 aliphatic heterocycles. The molecule has 4 nitrogen and oxygen atoms in total. The van der Waals surface area contributed by atoms with Gasteiger partial charge in [0.2, 0.25) is 0 Å². The maximum atomic E-state index is 7.28. The zero-order valence-electron chi connectivity index (χ0n) is 36.6. The zero-order chi connectivity index (χ0) is 42.2. The molecule has 0 fully saturated rings. The summed E-state index contributed by atoms with van der Waals surface area (Å²) in [6.07, 6.45) is 4.54. The van der Waals surface area contributed by atoms with Gasteiger partial charge in [0.1, 0.15) is 0 Å². The second-order valence-electron chi connectivity index (χ2n) is 14.2. The topological polar surface area (TPSA) is 43.9 Å². The van der Waals surface area contributed by atoms with Crippen molar-refractivity contribution in [2.75, 3.05) is 0 Å². The third-order valence-electron chi connectivity index (χ3n) is 9.44. The smallest absolute Gasteiger partial charge is 0.0774 e. The fraction of sp³-hybridized carbons (Fsp3) is 0.120. The molecule has 3 aromatic heterocycles. The van der Waals surface area contributed by atoms with Crippen LogP contribution in [0.15, 0.2) is 162 Å². The molecule has 0 aliphatic carbocycles. The molecule has 0 aliphatic rings. The summed E-state index contributed by atoms with van der Waals surface area (Å²) in [5, 5.41) is 1.02. The maximum absolute atomic E-state index is 7.28. The fourth-order valence-corrected chi connectivity index (χ4v) is 6.65. The summed E-state index contributed by atoms with van der Waals surface area (Å²) >= 11 is 0. The van der Waals surface area contributed by atoms with Crippen molar-refractivity contribution in [3.8, 4) is 50.6 Å². The number of aryl methyl sites for hydroxylation is 2. The minimum absolute atomic E-state index is 0. The Morgan fingerprint density at radius 2 is 1.36 bits per heavy atom. The van der Waals surface area contributed by atoms with E-state index < -0.39 is 13.7 Å². The van der Waals surface area contributed by atoms with Crippen molar-refractivity contribution in [1.82, 2.24) is 14.5 Å². The number of fused-ring (bicyclic) bond motifs is 2. The largest absolute Gasteiger partial charge is 0.557 e. The maximum Gasteiger partial charge on any atom is 0.0774 e. The molecule has 0 unspecified atom stereocenters. The van der Waals surface area contributed by atoms with Crippen molar-refractivity contribution in [2.24, 2.45) is 0 Å². The van der Waals surface area contributed by atoms with Gasteiger partial charge in [-0.2, -0.15) is 0 Å². The molecular formula is C50H41IrN3O-2. The first-order valence-corrected chi connectivity index (χ1v) is 17.8. The number of benzene rings is 6. The van der Waals surface area contributed by atoms with Crippen LogP contribution in [0.5, 0.6) is 0 Å². The Morgan fingerprint density at radius 1 is 0.691 bits per heavy atom. The van der Waals surface area contributed by atoms with E-state index in [9.17, 15) is 0 Å². The van der Waals surface area contributed by atoms with Gasteiger partial charge in [0.15, 0.2) is 0 Å². The van der Waals surface area contributed by atoms with E-state index in [1.54, 1.807) is 12.1 Å². The number of pyridine rings is 1. The van der Waals surface area contributed by atoms with Crippen LogP contribution >= 0.6 is 0 Å². The Hall–Kier alpha value is -5.87. The summed E-state index contributed by atoms with van der Waals surface area (Å²) in [7, 11) is 0. The van der Waals surface area contributed by atoms with Crippen molar-refractivity contribution < 1.29 is 32.7 Å². The molecule has 0 saturated heterocycles. The molecule has 0 N–H and O–H groups in total. The molecule has 0 atom stereocenters. The Labute approximate surface area is 345 Å². The minimum atomic E-state index is -2.18. The Bertz CT molecular complexity index is 2800. The summed E-state index contributed by atoms with van der Waals surface area (Å²) in [6.45, 7) is 2.35. The van der Waals surface area contributed by atoms with Gasteiger partial charge in [0.25, 0.3) is 0 Å². The second-order valence-corrected chi connectivity index (χ2v) is 14.2. The summed E-state index contributed by atoms with van der Waals surface area (Å²) in [4.78, 5) is 9.29. The summed E-state index contributed by atoms with van der Waals surface area (Å²) < 4.78 is 51.9. The van der Waals surface area contributed by atoms with Crippen LogP contribution in [0.2, 0.25) is 0 Å². The first kappa shape index (κ1) is 30.5. The van der Waals surface area contributed by atoms with Gasteiger partial charge >= 0.3 is 0 Å². The normalized spacial score (nSPS) is 13.3. The summed E-state index contributed by atoms with van der Waals surface area (Å²) in [5.41, 5.74) is 12.1. The molecule has 0 amide bonds. The average molecular weight is 898 g/mol. The third kappa shape index (κ3) is 7.73. The predicted octanol–water partition coefficient (Wildman–Crippen LogP) is 13.0. The van der Waals surface area contributed by atoms with Crippen LogP contribution in [0.3, 0.4) is 0 Å². The van der Waals surface area contributed by atoms with Crippen molar-refractivity contribution in [1.29, 1.82) is 0 Å². The molecule has 6 aromatic carbocycles. The number of furan rings is 1. The fourth-order valence-electron chi connectivity index (χ4n) is 6.65. The third-order valence-corrected chi connectivity index (χ3v) is 9.44. The first-order valence-electron chi connectivity index (χ1n) is 20.8. The van der Waals surface area contributed by atoms with E-state index >= 15 is 0 Å². The van der Waals surface area contributed by atoms with Gasteiger partial charge in [-0.1, -0.05) is 165 Å². The van der Waals surface area contributed by atoms with Gasteiger partial charge in [0.05, 0.1) is 22.5 Å². The molecule has 273 valence electrons. The second kappa shape index (κ2) is 15.8. The van der Waals surface area contributed by atoms with E-state index in [4.69, 9.17) is 17.6 Å². The molecule has 5 heteroatoms. The van der Waals surface area contributed by atoms with Crippen LogP contribution in [0.25, 0.3) is 72.6 Å². The molecule has 9 rings (SSSR count). The standard InChI is InChI=1S/C37H29N2O.C13H12N.Ir/c1-37(2,3)27-21-22-34-30(23-27)31(24-40-34)36-38-32-19-10-11-20-33(32)39(36)35-28(25-13-6-4-7-14-25)17-12-18-29(35)26-15-8-5-9-16-26;1-10-3-6-12(7-4-10)13-8-5-11(2)9-14-13;/h4-23H,1-3H3;3-6,8-9H,1-2H3;/q2*-1;/i;1D3,2D3;. The molecule has 0 spiro atoms. The van der Waals surface area contributed by atoms with Gasteiger partial charge in [-0.3, -0.25) is 4.98 Å². The van der Waals surface area contributed by atoms with E-state index in [1.807, 2.05) is 6.07 Å². The quantitative estimate of drug-likeness (QED) is 0.162. The van der Waals surface area contributed by atoms with Crippen molar-refractivity contribution in [3.63, 3.8) is 0 Å². The minimum Gasteiger partial charge on any atom is -0.557 e. The molecule has 0 bridgehead atoms. The van der Waals surface area contributed by atoms with Crippen molar-refractivity contribution >= 4 is 22.0 Å². The molecular weight excluding hydrogens is 851 g/mol. The SMILES string of the molecule is CC(C)(C)c1ccc2o[c-]c(-c3nc4ccccc4n3-c3c(-c4ccccc4)cccc3-c3ccccc3)c2c1.[2H]C([2H])([2H])c1c[c-]c(-c2ccc(C([2H])([2H])[2H])cn2)cc1.[Ir]. The molecule has 3 heterocycles. The first-order chi connectivity index (χ1) is 28.7. The van der Waals surface area contributed by atoms with Crippen LogP contribution in [0, 0.1) is 26.0 Å². The number of imidazole rings is 1. The van der Waals surface area contributed by atoms with Crippen LogP contribution in [-0.4, -0.2) is 14.5 Å². The van der Waals surface area contributed by atoms with E-state index in [-0.39, 0.29) is 36.6 Å². The number of hydrogen-bond acceptors (Lipinski definition) is 3. The molecule has 0 saturated carbocycles. The van der Waals surface area contributed by atoms with Crippen molar-refractivity contribution in [3.05, 3.63) is 187 Å². The van der Waals surface area contributed by atoms with Gasteiger partial charge in [-0.15, -0.1) is 35.4 Å². The van der Waals surface area contributed by atoms with Gasteiger partial charge in [0, 0.05) is 57.5 Å². The van der Waals surface area contributed by atoms with E-state index in [1.165, 1.54) is 30.0 Å². The number of aromatic nitrogens is 3. The number of para-hydroxylation sites is 3. The van der Waals surface area contributed by atoms with Gasteiger partial charge in [-0.05, 0) is 46.8 Å². The zero-order valence-corrected chi connectivity index (χ0v) is 33.0. The summed E-state index contributed by atoms with van der Waals surface area (Å²) in [6, 6.07) is 52.9. The molecule has 1 radical (unpaired) electrons. The number of hydrogen-bond donors (Lipinski definition) is 0. The Morgan fingerprint density at radius 3 is 1.98 bits per heavy atom. The number of nitrogens with zero attached hydrogens (tertiary/aromatic N) is 3.